The van der Waals surface area contributed by atoms with E-state index in [4.69, 9.17) is 11.6 Å². The third kappa shape index (κ3) is 1.66. The second kappa shape index (κ2) is 3.37. The third-order valence-electron chi connectivity index (χ3n) is 3.62. The van der Waals surface area contributed by atoms with Gasteiger partial charge in [0.2, 0.25) is 5.24 Å². The highest BCUT2D eigenvalue weighted by Crippen LogP contribution is 2.46. The zero-order chi connectivity index (χ0) is 8.55. The summed E-state index contributed by atoms with van der Waals surface area (Å²) >= 11 is 5.41. The SMILES string of the molecule is O=C(Cl)CC1CC2CCC1CC2. The zero-order valence-corrected chi connectivity index (χ0v) is 8.02. The van der Waals surface area contributed by atoms with Gasteiger partial charge in [-0.3, -0.25) is 4.79 Å². The van der Waals surface area contributed by atoms with E-state index < -0.39 is 0 Å². The highest BCUT2D eigenvalue weighted by molar-refractivity contribution is 6.63. The van der Waals surface area contributed by atoms with Gasteiger partial charge in [0.25, 0.3) is 0 Å². The predicted octanol–water partition coefficient (Wildman–Crippen LogP) is 2.97. The van der Waals surface area contributed by atoms with E-state index in [0.717, 1.165) is 11.8 Å². The van der Waals surface area contributed by atoms with Crippen LogP contribution in [0.25, 0.3) is 0 Å². The summed E-state index contributed by atoms with van der Waals surface area (Å²) in [6.45, 7) is 0. The number of hydrogen-bond acceptors (Lipinski definition) is 1. The van der Waals surface area contributed by atoms with Crippen LogP contribution in [0.15, 0.2) is 0 Å². The minimum atomic E-state index is -0.132. The van der Waals surface area contributed by atoms with Gasteiger partial charge in [0.1, 0.15) is 0 Å². The summed E-state index contributed by atoms with van der Waals surface area (Å²) in [6.07, 6.45) is 7.39. The van der Waals surface area contributed by atoms with Crippen LogP contribution in [0.5, 0.6) is 0 Å². The molecule has 0 heterocycles. The monoisotopic (exact) mass is 186 g/mol. The fourth-order valence-corrected chi connectivity index (χ4v) is 3.17. The van der Waals surface area contributed by atoms with Crippen molar-refractivity contribution in [2.75, 3.05) is 0 Å². The minimum Gasteiger partial charge on any atom is -0.281 e. The van der Waals surface area contributed by atoms with Crippen molar-refractivity contribution in [1.82, 2.24) is 0 Å². The molecule has 3 aliphatic carbocycles. The van der Waals surface area contributed by atoms with Crippen LogP contribution in [-0.4, -0.2) is 5.24 Å². The molecule has 2 heteroatoms. The number of halogens is 1. The van der Waals surface area contributed by atoms with E-state index in [1.54, 1.807) is 0 Å². The molecular formula is C10H15ClO. The molecule has 0 spiro atoms. The Balaban J connectivity index is 1.95. The maximum atomic E-state index is 10.8. The molecule has 0 aliphatic heterocycles. The van der Waals surface area contributed by atoms with E-state index in [1.165, 1.54) is 32.1 Å². The summed E-state index contributed by atoms with van der Waals surface area (Å²) in [5, 5.41) is -0.132. The van der Waals surface area contributed by atoms with Crippen molar-refractivity contribution in [1.29, 1.82) is 0 Å². The molecule has 0 aromatic heterocycles. The molecule has 68 valence electrons. The van der Waals surface area contributed by atoms with Crippen LogP contribution in [0.4, 0.5) is 0 Å². The number of carbonyl (C=O) groups excluding carboxylic acids is 1. The molecule has 1 atom stereocenters. The topological polar surface area (TPSA) is 17.1 Å². The molecule has 12 heavy (non-hydrogen) atoms. The molecule has 2 bridgehead atoms. The Morgan fingerprint density at radius 1 is 1.25 bits per heavy atom. The molecule has 3 saturated carbocycles. The average molecular weight is 187 g/mol. The molecule has 0 saturated heterocycles. The van der Waals surface area contributed by atoms with Crippen LogP contribution in [0.1, 0.15) is 38.5 Å². The van der Waals surface area contributed by atoms with E-state index in [9.17, 15) is 4.79 Å². The maximum absolute atomic E-state index is 10.8. The fraction of sp³-hybridized carbons (Fsp3) is 0.900. The van der Waals surface area contributed by atoms with Gasteiger partial charge in [-0.15, -0.1) is 0 Å². The largest absolute Gasteiger partial charge is 0.281 e. The van der Waals surface area contributed by atoms with Crippen LogP contribution < -0.4 is 0 Å². The zero-order valence-electron chi connectivity index (χ0n) is 7.26. The first kappa shape index (κ1) is 8.55. The summed E-state index contributed by atoms with van der Waals surface area (Å²) in [5.41, 5.74) is 0. The first-order chi connectivity index (χ1) is 5.75. The van der Waals surface area contributed by atoms with Crippen molar-refractivity contribution in [3.8, 4) is 0 Å². The molecule has 3 rings (SSSR count). The quantitative estimate of drug-likeness (QED) is 0.606. The van der Waals surface area contributed by atoms with Gasteiger partial charge in [-0.25, -0.2) is 0 Å². The molecule has 0 amide bonds. The van der Waals surface area contributed by atoms with E-state index in [0.29, 0.717) is 12.3 Å². The molecule has 0 aromatic carbocycles. The number of hydrogen-bond donors (Lipinski definition) is 0. The predicted molar refractivity (Wildman–Crippen MR) is 49.0 cm³/mol. The second-order valence-electron chi connectivity index (χ2n) is 4.34. The van der Waals surface area contributed by atoms with Gasteiger partial charge in [-0.2, -0.15) is 0 Å². The Morgan fingerprint density at radius 3 is 2.33 bits per heavy atom. The van der Waals surface area contributed by atoms with Crippen molar-refractivity contribution in [3.63, 3.8) is 0 Å². The van der Waals surface area contributed by atoms with Crippen molar-refractivity contribution in [2.24, 2.45) is 17.8 Å². The molecule has 3 aliphatic rings. The summed E-state index contributed by atoms with van der Waals surface area (Å²) in [4.78, 5) is 10.8. The molecular weight excluding hydrogens is 172 g/mol. The first-order valence-corrected chi connectivity index (χ1v) is 5.32. The van der Waals surface area contributed by atoms with Crippen molar-refractivity contribution >= 4 is 16.8 Å². The fourth-order valence-electron chi connectivity index (χ4n) is 2.97. The lowest BCUT2D eigenvalue weighted by molar-refractivity contribution is -0.113. The lowest BCUT2D eigenvalue weighted by Crippen LogP contribution is -2.31. The Hall–Kier alpha value is -0.0400. The molecule has 3 fully saturated rings. The van der Waals surface area contributed by atoms with Gasteiger partial charge < -0.3 is 0 Å². The lowest BCUT2D eigenvalue weighted by atomic mass is 9.64. The normalized spacial score (nSPS) is 39.9. The van der Waals surface area contributed by atoms with Crippen molar-refractivity contribution < 1.29 is 4.79 Å². The summed E-state index contributed by atoms with van der Waals surface area (Å²) in [7, 11) is 0. The number of rotatable bonds is 2. The van der Waals surface area contributed by atoms with Gasteiger partial charge >= 0.3 is 0 Å². The van der Waals surface area contributed by atoms with Crippen molar-refractivity contribution in [2.45, 2.75) is 38.5 Å². The van der Waals surface area contributed by atoms with E-state index >= 15 is 0 Å². The standard InChI is InChI=1S/C10H15ClO/c11-10(12)6-9-5-7-1-3-8(9)4-2-7/h7-9H,1-6H2. The van der Waals surface area contributed by atoms with Crippen molar-refractivity contribution in [3.05, 3.63) is 0 Å². The van der Waals surface area contributed by atoms with E-state index in [-0.39, 0.29) is 5.24 Å². The smallest absolute Gasteiger partial charge is 0.221 e. The summed E-state index contributed by atoms with van der Waals surface area (Å²) in [5.74, 6) is 2.36. The number of fused-ring (bicyclic) bond motifs is 3. The van der Waals surface area contributed by atoms with Gasteiger partial charge in [0.05, 0.1) is 0 Å². The first-order valence-electron chi connectivity index (χ1n) is 4.94. The van der Waals surface area contributed by atoms with Crippen LogP contribution in [0.2, 0.25) is 0 Å². The summed E-state index contributed by atoms with van der Waals surface area (Å²) < 4.78 is 0. The molecule has 0 aromatic rings. The van der Waals surface area contributed by atoms with Gasteiger partial charge in [0.15, 0.2) is 0 Å². The second-order valence-corrected chi connectivity index (χ2v) is 4.76. The molecule has 1 unspecified atom stereocenters. The minimum absolute atomic E-state index is 0.132. The Kier molecular flexibility index (Phi) is 2.40. The Morgan fingerprint density at radius 2 is 1.92 bits per heavy atom. The van der Waals surface area contributed by atoms with Crippen LogP contribution >= 0.6 is 11.6 Å². The average Bonchev–Trinajstić information content (AvgIpc) is 2.05. The van der Waals surface area contributed by atoms with Gasteiger partial charge in [-0.1, -0.05) is 12.8 Å². The Labute approximate surface area is 78.5 Å². The summed E-state index contributed by atoms with van der Waals surface area (Å²) in [6, 6.07) is 0. The van der Waals surface area contributed by atoms with E-state index in [2.05, 4.69) is 0 Å². The maximum Gasteiger partial charge on any atom is 0.221 e. The Bertz CT molecular complexity index is 182. The highest BCUT2D eigenvalue weighted by atomic mass is 35.5. The lowest BCUT2D eigenvalue weighted by Gasteiger charge is -2.41. The van der Waals surface area contributed by atoms with Crippen LogP contribution in [0.3, 0.4) is 0 Å². The van der Waals surface area contributed by atoms with Crippen LogP contribution in [-0.2, 0) is 4.79 Å². The number of carbonyl (C=O) groups is 1. The van der Waals surface area contributed by atoms with Gasteiger partial charge in [0, 0.05) is 6.42 Å². The third-order valence-corrected chi connectivity index (χ3v) is 3.77. The van der Waals surface area contributed by atoms with Crippen LogP contribution in [0, 0.1) is 17.8 Å². The van der Waals surface area contributed by atoms with Gasteiger partial charge in [-0.05, 0) is 48.6 Å². The molecule has 1 nitrogen and oxygen atoms in total. The highest BCUT2D eigenvalue weighted by Gasteiger charge is 2.35. The molecule has 0 radical (unpaired) electrons. The molecule has 0 N–H and O–H groups in total. The van der Waals surface area contributed by atoms with E-state index in [1.807, 2.05) is 0 Å².